The molecule has 2 heterocycles. The summed E-state index contributed by atoms with van der Waals surface area (Å²) in [6.07, 6.45) is 0.623. The number of nitrogens with zero attached hydrogens (tertiary/aromatic N) is 2. The lowest BCUT2D eigenvalue weighted by molar-refractivity contribution is 0.421. The third-order valence-electron chi connectivity index (χ3n) is 2.61. The van der Waals surface area contributed by atoms with Gasteiger partial charge in [-0.05, 0) is 27.3 Å². The minimum atomic E-state index is 0.510. The highest BCUT2D eigenvalue weighted by molar-refractivity contribution is 5.61. The molecule has 0 bridgehead atoms. The van der Waals surface area contributed by atoms with E-state index in [0.29, 0.717) is 24.7 Å². The Morgan fingerprint density at radius 3 is 2.50 bits per heavy atom. The molecule has 2 rings (SSSR count). The lowest BCUT2D eigenvalue weighted by Crippen LogP contribution is -2.03. The van der Waals surface area contributed by atoms with Gasteiger partial charge in [0.1, 0.15) is 11.5 Å². The maximum Gasteiger partial charge on any atom is 0.261 e. The van der Waals surface area contributed by atoms with Crippen molar-refractivity contribution in [1.82, 2.24) is 10.1 Å². The van der Waals surface area contributed by atoms with E-state index in [2.05, 4.69) is 10.1 Å². The van der Waals surface area contributed by atoms with Gasteiger partial charge in [0.2, 0.25) is 0 Å². The third kappa shape index (κ3) is 1.74. The molecule has 0 saturated carbocycles. The van der Waals surface area contributed by atoms with Crippen molar-refractivity contribution < 1.29 is 8.94 Å². The van der Waals surface area contributed by atoms with E-state index in [1.807, 2.05) is 20.8 Å². The van der Waals surface area contributed by atoms with Crippen LogP contribution in [0.3, 0.4) is 0 Å². The summed E-state index contributed by atoms with van der Waals surface area (Å²) in [5.41, 5.74) is 7.37. The van der Waals surface area contributed by atoms with Crippen LogP contribution in [0.15, 0.2) is 8.94 Å². The Morgan fingerprint density at radius 2 is 1.94 bits per heavy atom. The molecule has 0 unspecified atom stereocenters. The topological polar surface area (TPSA) is 78.1 Å². The van der Waals surface area contributed by atoms with E-state index < -0.39 is 0 Å². The molecule has 0 amide bonds. The van der Waals surface area contributed by atoms with E-state index in [0.717, 1.165) is 22.6 Å². The van der Waals surface area contributed by atoms with Crippen LogP contribution in [0, 0.1) is 20.8 Å². The van der Waals surface area contributed by atoms with Gasteiger partial charge in [0, 0.05) is 12.0 Å². The normalized spacial score (nSPS) is 11.0. The average Bonchev–Trinajstić information content (AvgIpc) is 2.75. The predicted molar refractivity (Wildman–Crippen MR) is 59.0 cm³/mol. The average molecular weight is 221 g/mol. The molecular formula is C11H15N3O2. The van der Waals surface area contributed by atoms with Crippen LogP contribution in [-0.4, -0.2) is 16.7 Å². The van der Waals surface area contributed by atoms with Gasteiger partial charge in [0.05, 0.1) is 5.56 Å². The molecule has 0 atom stereocenters. The minimum Gasteiger partial charge on any atom is -0.466 e. The first-order chi connectivity index (χ1) is 7.63. The highest BCUT2D eigenvalue weighted by Crippen LogP contribution is 2.30. The first-order valence-electron chi connectivity index (χ1n) is 5.23. The Morgan fingerprint density at radius 1 is 1.19 bits per heavy atom. The molecule has 0 aliphatic heterocycles. The smallest absolute Gasteiger partial charge is 0.261 e. The highest BCUT2D eigenvalue weighted by Gasteiger charge is 2.18. The van der Waals surface area contributed by atoms with Crippen molar-refractivity contribution in [2.75, 3.05) is 6.54 Å². The van der Waals surface area contributed by atoms with Crippen molar-refractivity contribution in [3.63, 3.8) is 0 Å². The van der Waals surface area contributed by atoms with Crippen LogP contribution < -0.4 is 5.73 Å². The molecule has 0 aliphatic carbocycles. The quantitative estimate of drug-likeness (QED) is 0.854. The Kier molecular flexibility index (Phi) is 2.78. The number of aromatic nitrogens is 2. The van der Waals surface area contributed by atoms with Gasteiger partial charge in [-0.1, -0.05) is 5.16 Å². The summed E-state index contributed by atoms with van der Waals surface area (Å²) >= 11 is 0. The van der Waals surface area contributed by atoms with Crippen molar-refractivity contribution in [2.45, 2.75) is 27.2 Å². The van der Waals surface area contributed by atoms with Crippen LogP contribution in [0.2, 0.25) is 0 Å². The van der Waals surface area contributed by atoms with Gasteiger partial charge in [-0.3, -0.25) is 0 Å². The van der Waals surface area contributed by atoms with E-state index >= 15 is 0 Å². The Hall–Kier alpha value is -1.62. The van der Waals surface area contributed by atoms with E-state index in [-0.39, 0.29) is 0 Å². The number of nitrogens with two attached hydrogens (primary N) is 1. The second-order valence-electron chi connectivity index (χ2n) is 3.77. The lowest BCUT2D eigenvalue weighted by atomic mass is 10.1. The molecule has 0 saturated heterocycles. The van der Waals surface area contributed by atoms with Gasteiger partial charge in [0.25, 0.3) is 5.89 Å². The van der Waals surface area contributed by atoms with Crippen LogP contribution >= 0.6 is 0 Å². The van der Waals surface area contributed by atoms with Crippen LogP contribution in [0.5, 0.6) is 0 Å². The molecule has 0 spiro atoms. The van der Waals surface area contributed by atoms with Gasteiger partial charge in [-0.15, -0.1) is 0 Å². The maximum absolute atomic E-state index is 5.52. The van der Waals surface area contributed by atoms with Crippen molar-refractivity contribution >= 4 is 0 Å². The number of aryl methyl sites for hydroxylation is 2. The minimum absolute atomic E-state index is 0.510. The van der Waals surface area contributed by atoms with E-state index in [4.69, 9.17) is 14.7 Å². The zero-order chi connectivity index (χ0) is 11.7. The van der Waals surface area contributed by atoms with Gasteiger partial charge >= 0.3 is 0 Å². The van der Waals surface area contributed by atoms with Crippen LogP contribution in [0.25, 0.3) is 11.5 Å². The number of hydrogen-bond acceptors (Lipinski definition) is 5. The van der Waals surface area contributed by atoms with Gasteiger partial charge in [-0.2, -0.15) is 4.98 Å². The number of hydrogen-bond donors (Lipinski definition) is 1. The first-order valence-corrected chi connectivity index (χ1v) is 5.23. The fourth-order valence-electron chi connectivity index (χ4n) is 1.69. The fourth-order valence-corrected chi connectivity index (χ4v) is 1.69. The summed E-state index contributed by atoms with van der Waals surface area (Å²) in [6, 6.07) is 0. The second kappa shape index (κ2) is 4.09. The molecule has 16 heavy (non-hydrogen) atoms. The molecule has 2 aromatic heterocycles. The van der Waals surface area contributed by atoms with Crippen molar-refractivity contribution in [3.8, 4) is 11.5 Å². The van der Waals surface area contributed by atoms with Crippen molar-refractivity contribution in [3.05, 3.63) is 22.9 Å². The Labute approximate surface area is 93.6 Å². The Balaban J connectivity index is 2.42. The number of furan rings is 1. The number of rotatable bonds is 3. The summed E-state index contributed by atoms with van der Waals surface area (Å²) in [4.78, 5) is 4.29. The largest absolute Gasteiger partial charge is 0.466 e. The summed E-state index contributed by atoms with van der Waals surface area (Å²) in [7, 11) is 0. The van der Waals surface area contributed by atoms with Crippen LogP contribution in [0.4, 0.5) is 0 Å². The fraction of sp³-hybridized carbons (Fsp3) is 0.455. The van der Waals surface area contributed by atoms with Gasteiger partial charge < -0.3 is 14.7 Å². The molecule has 0 aromatic carbocycles. The second-order valence-corrected chi connectivity index (χ2v) is 3.77. The van der Waals surface area contributed by atoms with Crippen molar-refractivity contribution in [2.24, 2.45) is 5.73 Å². The SMILES string of the molecule is Cc1oc(C)c(-c2nc(CCN)no2)c1C. The Bertz CT molecular complexity index is 499. The summed E-state index contributed by atoms with van der Waals surface area (Å²) in [5.74, 6) is 2.83. The third-order valence-corrected chi connectivity index (χ3v) is 2.61. The highest BCUT2D eigenvalue weighted by atomic mass is 16.5. The van der Waals surface area contributed by atoms with Gasteiger partial charge in [0.15, 0.2) is 5.82 Å². The molecule has 0 fully saturated rings. The summed E-state index contributed by atoms with van der Waals surface area (Å²) < 4.78 is 10.7. The van der Waals surface area contributed by atoms with E-state index in [1.54, 1.807) is 0 Å². The lowest BCUT2D eigenvalue weighted by Gasteiger charge is -1.91. The first kappa shape index (κ1) is 10.9. The molecule has 86 valence electrons. The standard InChI is InChI=1S/C11H15N3O2/c1-6-7(2)15-8(3)10(6)11-13-9(4-5-12)14-16-11/h4-5,12H2,1-3H3. The zero-order valence-corrected chi connectivity index (χ0v) is 9.70. The van der Waals surface area contributed by atoms with Crippen LogP contribution in [-0.2, 0) is 6.42 Å². The van der Waals surface area contributed by atoms with Crippen LogP contribution in [0.1, 0.15) is 22.9 Å². The van der Waals surface area contributed by atoms with Gasteiger partial charge in [-0.25, -0.2) is 0 Å². The molecule has 5 nitrogen and oxygen atoms in total. The van der Waals surface area contributed by atoms with E-state index in [9.17, 15) is 0 Å². The predicted octanol–water partition coefficient (Wildman–Crippen LogP) is 1.76. The summed E-state index contributed by atoms with van der Waals surface area (Å²) in [6.45, 7) is 6.31. The van der Waals surface area contributed by atoms with E-state index in [1.165, 1.54) is 0 Å². The monoisotopic (exact) mass is 221 g/mol. The van der Waals surface area contributed by atoms with Crippen molar-refractivity contribution in [1.29, 1.82) is 0 Å². The molecule has 0 aliphatic rings. The molecule has 2 aromatic rings. The molecule has 5 heteroatoms. The molecule has 0 radical (unpaired) electrons. The molecule has 2 N–H and O–H groups in total. The maximum atomic E-state index is 5.52. The molecular weight excluding hydrogens is 206 g/mol. The summed E-state index contributed by atoms with van der Waals surface area (Å²) in [5, 5.41) is 3.87. The zero-order valence-electron chi connectivity index (χ0n) is 9.70.